The quantitative estimate of drug-likeness (QED) is 0.888. The summed E-state index contributed by atoms with van der Waals surface area (Å²) < 4.78 is 0. The van der Waals surface area contributed by atoms with Crippen molar-refractivity contribution in [3.05, 3.63) is 16.0 Å². The smallest absolute Gasteiger partial charge is 0.227 e. The van der Waals surface area contributed by atoms with Crippen LogP contribution in [0.4, 0.5) is 5.00 Å². The van der Waals surface area contributed by atoms with Crippen molar-refractivity contribution in [2.24, 2.45) is 11.8 Å². The summed E-state index contributed by atoms with van der Waals surface area (Å²) in [5.41, 5.74) is 1.86. The summed E-state index contributed by atoms with van der Waals surface area (Å²) >= 11 is 1.58. The van der Waals surface area contributed by atoms with E-state index in [0.29, 0.717) is 11.5 Å². The zero-order chi connectivity index (χ0) is 13.3. The SMILES string of the molecule is CC1CCc2c(sc(NC(=O)C(C)C)c2C#N)C1. The molecule has 0 saturated heterocycles. The Labute approximate surface area is 112 Å². The standard InChI is InChI=1S/C14H18N2OS/c1-8(2)13(17)16-14-11(7-15)10-5-4-9(3)6-12(10)18-14/h8-9H,4-6H2,1-3H3,(H,16,17). The van der Waals surface area contributed by atoms with Crippen LogP contribution in [0.3, 0.4) is 0 Å². The molecule has 0 saturated carbocycles. The third-order valence-electron chi connectivity index (χ3n) is 3.38. The monoisotopic (exact) mass is 262 g/mol. The number of nitriles is 1. The molecular weight excluding hydrogens is 244 g/mol. The molecule has 18 heavy (non-hydrogen) atoms. The van der Waals surface area contributed by atoms with Gasteiger partial charge in [0, 0.05) is 10.8 Å². The highest BCUT2D eigenvalue weighted by molar-refractivity contribution is 7.16. The van der Waals surface area contributed by atoms with Gasteiger partial charge in [0.15, 0.2) is 0 Å². The molecule has 1 aliphatic rings. The van der Waals surface area contributed by atoms with Gasteiger partial charge in [-0.15, -0.1) is 11.3 Å². The van der Waals surface area contributed by atoms with E-state index in [-0.39, 0.29) is 11.8 Å². The van der Waals surface area contributed by atoms with E-state index in [1.807, 2.05) is 13.8 Å². The second-order valence-electron chi connectivity index (χ2n) is 5.31. The second-order valence-corrected chi connectivity index (χ2v) is 6.42. The number of amides is 1. The number of nitrogens with one attached hydrogen (secondary N) is 1. The molecule has 0 aliphatic heterocycles. The molecule has 1 unspecified atom stereocenters. The summed E-state index contributed by atoms with van der Waals surface area (Å²) in [6, 6.07) is 2.26. The summed E-state index contributed by atoms with van der Waals surface area (Å²) in [6.45, 7) is 5.95. The largest absolute Gasteiger partial charge is 0.316 e. The molecular formula is C14H18N2OS. The Hall–Kier alpha value is -1.34. The summed E-state index contributed by atoms with van der Waals surface area (Å²) in [5.74, 6) is 0.601. The van der Waals surface area contributed by atoms with Crippen molar-refractivity contribution < 1.29 is 4.79 Å². The van der Waals surface area contributed by atoms with E-state index >= 15 is 0 Å². The first-order chi connectivity index (χ1) is 8.52. The van der Waals surface area contributed by atoms with Crippen LogP contribution in [-0.4, -0.2) is 5.91 Å². The molecule has 1 N–H and O–H groups in total. The Balaban J connectivity index is 2.32. The molecule has 0 bridgehead atoms. The predicted octanol–water partition coefficient (Wildman–Crippen LogP) is 3.34. The molecule has 1 aromatic rings. The van der Waals surface area contributed by atoms with Gasteiger partial charge in [-0.2, -0.15) is 5.26 Å². The minimum atomic E-state index is -0.0606. The molecule has 1 heterocycles. The van der Waals surface area contributed by atoms with Gasteiger partial charge >= 0.3 is 0 Å². The first kappa shape index (κ1) is 13.1. The number of fused-ring (bicyclic) bond motifs is 1. The maximum Gasteiger partial charge on any atom is 0.227 e. The van der Waals surface area contributed by atoms with Gasteiger partial charge in [-0.3, -0.25) is 4.79 Å². The van der Waals surface area contributed by atoms with Gasteiger partial charge < -0.3 is 5.32 Å². The molecule has 0 fully saturated rings. The summed E-state index contributed by atoms with van der Waals surface area (Å²) in [5, 5.41) is 12.9. The Bertz CT molecular complexity index is 511. The molecule has 1 aromatic heterocycles. The first-order valence-electron chi connectivity index (χ1n) is 6.38. The zero-order valence-corrected chi connectivity index (χ0v) is 11.9. The van der Waals surface area contributed by atoms with Gasteiger partial charge in [-0.25, -0.2) is 0 Å². The molecule has 0 spiro atoms. The molecule has 96 valence electrons. The summed E-state index contributed by atoms with van der Waals surface area (Å²) in [7, 11) is 0. The topological polar surface area (TPSA) is 52.9 Å². The highest BCUT2D eigenvalue weighted by Gasteiger charge is 2.24. The molecule has 0 radical (unpaired) electrons. The second kappa shape index (κ2) is 5.11. The number of carbonyl (C=O) groups is 1. The lowest BCUT2D eigenvalue weighted by atomic mass is 9.88. The maximum atomic E-state index is 11.7. The van der Waals surface area contributed by atoms with Gasteiger partial charge in [0.05, 0.1) is 5.56 Å². The van der Waals surface area contributed by atoms with Crippen LogP contribution < -0.4 is 5.32 Å². The Morgan fingerprint density at radius 2 is 2.28 bits per heavy atom. The van der Waals surface area contributed by atoms with Crippen LogP contribution in [0.2, 0.25) is 0 Å². The van der Waals surface area contributed by atoms with Crippen LogP contribution in [0.1, 0.15) is 43.2 Å². The van der Waals surface area contributed by atoms with E-state index in [1.54, 1.807) is 11.3 Å². The van der Waals surface area contributed by atoms with E-state index in [9.17, 15) is 10.1 Å². The lowest BCUT2D eigenvalue weighted by Gasteiger charge is -2.17. The van der Waals surface area contributed by atoms with Crippen molar-refractivity contribution in [3.63, 3.8) is 0 Å². The number of thiophene rings is 1. The van der Waals surface area contributed by atoms with Gasteiger partial charge in [0.25, 0.3) is 0 Å². The number of hydrogen-bond donors (Lipinski definition) is 1. The third-order valence-corrected chi connectivity index (χ3v) is 4.55. The molecule has 1 atom stereocenters. The van der Waals surface area contributed by atoms with Crippen molar-refractivity contribution >= 4 is 22.2 Å². The summed E-state index contributed by atoms with van der Waals surface area (Å²) in [6.07, 6.45) is 3.13. The highest BCUT2D eigenvalue weighted by Crippen LogP contribution is 2.39. The summed E-state index contributed by atoms with van der Waals surface area (Å²) in [4.78, 5) is 13.0. The minimum absolute atomic E-state index is 0.0156. The highest BCUT2D eigenvalue weighted by atomic mass is 32.1. The van der Waals surface area contributed by atoms with Crippen molar-refractivity contribution in [3.8, 4) is 6.07 Å². The maximum absolute atomic E-state index is 11.7. The first-order valence-corrected chi connectivity index (χ1v) is 7.20. The van der Waals surface area contributed by atoms with E-state index in [1.165, 1.54) is 10.4 Å². The minimum Gasteiger partial charge on any atom is -0.316 e. The van der Waals surface area contributed by atoms with Crippen LogP contribution in [0.15, 0.2) is 0 Å². The van der Waals surface area contributed by atoms with Crippen molar-refractivity contribution in [2.75, 3.05) is 5.32 Å². The van der Waals surface area contributed by atoms with Crippen molar-refractivity contribution in [1.82, 2.24) is 0 Å². The Morgan fingerprint density at radius 1 is 1.56 bits per heavy atom. The molecule has 2 rings (SSSR count). The van der Waals surface area contributed by atoms with Gasteiger partial charge in [-0.1, -0.05) is 20.8 Å². The van der Waals surface area contributed by atoms with E-state index in [4.69, 9.17) is 0 Å². The van der Waals surface area contributed by atoms with Crippen molar-refractivity contribution in [2.45, 2.75) is 40.0 Å². The molecule has 1 amide bonds. The van der Waals surface area contributed by atoms with Crippen LogP contribution in [0.25, 0.3) is 0 Å². The Kier molecular flexibility index (Phi) is 3.72. The fourth-order valence-corrected chi connectivity index (χ4v) is 3.58. The fourth-order valence-electron chi connectivity index (χ4n) is 2.21. The van der Waals surface area contributed by atoms with Gasteiger partial charge in [-0.05, 0) is 30.7 Å². The average Bonchev–Trinajstić information content (AvgIpc) is 2.64. The fraction of sp³-hybridized carbons (Fsp3) is 0.571. The lowest BCUT2D eigenvalue weighted by molar-refractivity contribution is -0.118. The molecule has 1 aliphatic carbocycles. The van der Waals surface area contributed by atoms with Gasteiger partial charge in [0.1, 0.15) is 11.1 Å². The number of carbonyl (C=O) groups excluding carboxylic acids is 1. The normalized spacial score (nSPS) is 18.3. The zero-order valence-electron chi connectivity index (χ0n) is 11.0. The lowest BCUT2D eigenvalue weighted by Crippen LogP contribution is -2.17. The van der Waals surface area contributed by atoms with Gasteiger partial charge in [0.2, 0.25) is 5.91 Å². The van der Waals surface area contributed by atoms with E-state index in [0.717, 1.165) is 24.3 Å². The number of anilines is 1. The van der Waals surface area contributed by atoms with Crippen LogP contribution in [0, 0.1) is 23.2 Å². The number of hydrogen-bond acceptors (Lipinski definition) is 3. The van der Waals surface area contributed by atoms with E-state index in [2.05, 4.69) is 18.3 Å². The van der Waals surface area contributed by atoms with E-state index < -0.39 is 0 Å². The molecule has 4 heteroatoms. The van der Waals surface area contributed by atoms with Crippen molar-refractivity contribution in [1.29, 1.82) is 5.26 Å². The van der Waals surface area contributed by atoms with Crippen LogP contribution in [0.5, 0.6) is 0 Å². The third kappa shape index (κ3) is 2.41. The molecule has 3 nitrogen and oxygen atoms in total. The number of rotatable bonds is 2. The average molecular weight is 262 g/mol. The molecule has 0 aromatic carbocycles. The van der Waals surface area contributed by atoms with Crippen LogP contribution >= 0.6 is 11.3 Å². The van der Waals surface area contributed by atoms with Crippen LogP contribution in [-0.2, 0) is 17.6 Å². The number of nitrogens with zero attached hydrogens (tertiary/aromatic N) is 1. The predicted molar refractivity (Wildman–Crippen MR) is 73.7 cm³/mol. The Morgan fingerprint density at radius 3 is 2.89 bits per heavy atom.